The molecule has 2 aromatic carbocycles. The Hall–Kier alpha value is -3.80. The Bertz CT molecular complexity index is 1120. The number of aryl methyl sites for hydroxylation is 1. The number of carbonyl (C=O) groups is 3. The summed E-state index contributed by atoms with van der Waals surface area (Å²) in [6.07, 6.45) is -3.93. The second kappa shape index (κ2) is 10.6. The lowest BCUT2D eigenvalue weighted by atomic mass is 10.1. The highest BCUT2D eigenvalue weighted by Gasteiger charge is 2.31. The van der Waals surface area contributed by atoms with Crippen LogP contribution in [0.25, 0.3) is 0 Å². The molecule has 1 atom stereocenters. The van der Waals surface area contributed by atoms with E-state index >= 15 is 0 Å². The van der Waals surface area contributed by atoms with Crippen molar-refractivity contribution < 1.29 is 27.6 Å². The number of nitrogens with two attached hydrogens (primary N) is 2. The summed E-state index contributed by atoms with van der Waals surface area (Å²) in [7, 11) is 0. The van der Waals surface area contributed by atoms with Crippen LogP contribution in [-0.4, -0.2) is 48.4 Å². The number of anilines is 2. The monoisotopic (exact) mass is 492 g/mol. The molecule has 1 fully saturated rings. The number of halogens is 3. The standard InChI is InChI=1S/C23H27F3N6O3/c1-13-2-3-14(8-19(13)31-22(28)35)11-32-7-6-16(12-32)30-20(33)10-29-21(34)17-9-15(23(24,25)26)4-5-18(17)27/h2-5,8-9,16H,6-7,10-12,27H2,1H3,(H,29,34)(H,30,33)(H3,28,31,35). The van der Waals surface area contributed by atoms with Crippen molar-refractivity contribution in [2.45, 2.75) is 32.1 Å². The van der Waals surface area contributed by atoms with Crippen LogP contribution < -0.4 is 27.4 Å². The molecule has 0 spiro atoms. The third kappa shape index (κ3) is 7.09. The Morgan fingerprint density at radius 3 is 2.57 bits per heavy atom. The average Bonchev–Trinajstić information content (AvgIpc) is 3.20. The number of hydrogen-bond donors (Lipinski definition) is 5. The van der Waals surface area contributed by atoms with E-state index in [-0.39, 0.29) is 17.3 Å². The van der Waals surface area contributed by atoms with E-state index < -0.39 is 36.1 Å². The SMILES string of the molecule is Cc1ccc(CN2CCC(NC(=O)CNC(=O)c3cc(C(F)(F)F)ccc3N)C2)cc1NC(N)=O. The van der Waals surface area contributed by atoms with Gasteiger partial charge in [0, 0.05) is 37.1 Å². The van der Waals surface area contributed by atoms with Crippen molar-refractivity contribution in [3.8, 4) is 0 Å². The van der Waals surface area contributed by atoms with Gasteiger partial charge in [0.2, 0.25) is 5.91 Å². The van der Waals surface area contributed by atoms with E-state index in [0.29, 0.717) is 31.3 Å². The van der Waals surface area contributed by atoms with Gasteiger partial charge in [-0.3, -0.25) is 14.5 Å². The zero-order chi connectivity index (χ0) is 25.8. The fourth-order valence-electron chi connectivity index (χ4n) is 3.85. The van der Waals surface area contributed by atoms with Gasteiger partial charge in [0.15, 0.2) is 0 Å². The van der Waals surface area contributed by atoms with Crippen LogP contribution in [0.5, 0.6) is 0 Å². The lowest BCUT2D eigenvalue weighted by Crippen LogP contribution is -2.43. The number of primary amides is 1. The predicted octanol–water partition coefficient (Wildman–Crippen LogP) is 2.21. The van der Waals surface area contributed by atoms with Gasteiger partial charge in [-0.15, -0.1) is 0 Å². The van der Waals surface area contributed by atoms with Crippen molar-refractivity contribution in [1.29, 1.82) is 0 Å². The first-order valence-electron chi connectivity index (χ1n) is 10.8. The topological polar surface area (TPSA) is 143 Å². The summed E-state index contributed by atoms with van der Waals surface area (Å²) < 4.78 is 38.7. The van der Waals surface area contributed by atoms with Gasteiger partial charge < -0.3 is 27.4 Å². The predicted molar refractivity (Wildman–Crippen MR) is 124 cm³/mol. The number of nitrogens with zero attached hydrogens (tertiary/aromatic N) is 1. The van der Waals surface area contributed by atoms with Crippen molar-refractivity contribution in [3.05, 3.63) is 58.7 Å². The van der Waals surface area contributed by atoms with Crippen LogP contribution in [0.1, 0.15) is 33.5 Å². The fraction of sp³-hybridized carbons (Fsp3) is 0.348. The molecule has 0 saturated carbocycles. The number of urea groups is 1. The summed E-state index contributed by atoms with van der Waals surface area (Å²) >= 11 is 0. The van der Waals surface area contributed by atoms with E-state index in [1.807, 2.05) is 25.1 Å². The highest BCUT2D eigenvalue weighted by atomic mass is 19.4. The van der Waals surface area contributed by atoms with E-state index in [4.69, 9.17) is 11.5 Å². The van der Waals surface area contributed by atoms with Gasteiger partial charge in [0.25, 0.3) is 5.91 Å². The van der Waals surface area contributed by atoms with E-state index in [0.717, 1.165) is 29.8 Å². The molecule has 0 bridgehead atoms. The fourth-order valence-corrected chi connectivity index (χ4v) is 3.85. The van der Waals surface area contributed by atoms with Gasteiger partial charge >= 0.3 is 12.2 Å². The highest BCUT2D eigenvalue weighted by molar-refractivity contribution is 6.00. The van der Waals surface area contributed by atoms with Crippen LogP contribution in [0.15, 0.2) is 36.4 Å². The van der Waals surface area contributed by atoms with Gasteiger partial charge in [0.05, 0.1) is 17.7 Å². The van der Waals surface area contributed by atoms with Crippen LogP contribution >= 0.6 is 0 Å². The van der Waals surface area contributed by atoms with Crippen LogP contribution in [0.4, 0.5) is 29.3 Å². The molecule has 7 N–H and O–H groups in total. The number of rotatable bonds is 7. The minimum atomic E-state index is -4.62. The number of alkyl halides is 3. The van der Waals surface area contributed by atoms with E-state index in [9.17, 15) is 27.6 Å². The second-order valence-corrected chi connectivity index (χ2v) is 8.41. The number of likely N-dealkylation sites (tertiary alicyclic amines) is 1. The van der Waals surface area contributed by atoms with Gasteiger partial charge in [-0.05, 0) is 48.7 Å². The molecule has 188 valence electrons. The van der Waals surface area contributed by atoms with E-state index in [1.165, 1.54) is 0 Å². The van der Waals surface area contributed by atoms with Crippen LogP contribution in [-0.2, 0) is 17.5 Å². The molecule has 0 aromatic heterocycles. The van der Waals surface area contributed by atoms with Crippen LogP contribution in [0, 0.1) is 6.92 Å². The smallest absolute Gasteiger partial charge is 0.398 e. The van der Waals surface area contributed by atoms with E-state index in [1.54, 1.807) is 0 Å². The molecular formula is C23H27F3N6O3. The van der Waals surface area contributed by atoms with Crippen molar-refractivity contribution in [1.82, 2.24) is 15.5 Å². The Balaban J connectivity index is 1.49. The van der Waals surface area contributed by atoms with Crippen molar-refractivity contribution >= 4 is 29.2 Å². The van der Waals surface area contributed by atoms with Crippen molar-refractivity contribution in [3.63, 3.8) is 0 Å². The third-order valence-corrected chi connectivity index (χ3v) is 5.64. The summed E-state index contributed by atoms with van der Waals surface area (Å²) in [4.78, 5) is 37.9. The van der Waals surface area contributed by atoms with Crippen molar-refractivity contribution in [2.75, 3.05) is 30.7 Å². The second-order valence-electron chi connectivity index (χ2n) is 8.41. The molecule has 0 radical (unpaired) electrons. The maximum Gasteiger partial charge on any atom is 0.416 e. The Labute approximate surface area is 200 Å². The zero-order valence-corrected chi connectivity index (χ0v) is 19.0. The van der Waals surface area contributed by atoms with Crippen LogP contribution in [0.3, 0.4) is 0 Å². The molecule has 1 heterocycles. The molecule has 3 rings (SSSR count). The van der Waals surface area contributed by atoms with Crippen molar-refractivity contribution in [2.24, 2.45) is 5.73 Å². The molecule has 1 saturated heterocycles. The Morgan fingerprint density at radius 1 is 1.14 bits per heavy atom. The van der Waals surface area contributed by atoms with E-state index in [2.05, 4.69) is 20.9 Å². The van der Waals surface area contributed by atoms with Gasteiger partial charge in [0.1, 0.15) is 0 Å². The zero-order valence-electron chi connectivity index (χ0n) is 19.0. The molecule has 35 heavy (non-hydrogen) atoms. The molecule has 2 aromatic rings. The van der Waals surface area contributed by atoms with Gasteiger partial charge in [-0.2, -0.15) is 13.2 Å². The molecule has 12 heteroatoms. The number of nitrogen functional groups attached to an aromatic ring is 1. The Kier molecular flexibility index (Phi) is 7.85. The summed E-state index contributed by atoms with van der Waals surface area (Å²) in [5.74, 6) is -1.32. The minimum Gasteiger partial charge on any atom is -0.398 e. The normalized spacial score (nSPS) is 16.1. The van der Waals surface area contributed by atoms with Gasteiger partial charge in [-0.1, -0.05) is 12.1 Å². The maximum atomic E-state index is 12.9. The number of benzene rings is 2. The number of nitrogens with one attached hydrogen (secondary N) is 3. The lowest BCUT2D eigenvalue weighted by molar-refractivity contribution is -0.137. The lowest BCUT2D eigenvalue weighted by Gasteiger charge is -2.18. The quantitative estimate of drug-likeness (QED) is 0.377. The number of hydrogen-bond acceptors (Lipinski definition) is 5. The minimum absolute atomic E-state index is 0.118. The highest BCUT2D eigenvalue weighted by Crippen LogP contribution is 2.31. The molecule has 1 unspecified atom stereocenters. The summed E-state index contributed by atoms with van der Waals surface area (Å²) in [6, 6.07) is 7.35. The average molecular weight is 493 g/mol. The van der Waals surface area contributed by atoms with Gasteiger partial charge in [-0.25, -0.2) is 4.79 Å². The third-order valence-electron chi connectivity index (χ3n) is 5.64. The summed E-state index contributed by atoms with van der Waals surface area (Å²) in [6.45, 7) is 3.37. The summed E-state index contributed by atoms with van der Waals surface area (Å²) in [5, 5.41) is 7.72. The molecular weight excluding hydrogens is 465 g/mol. The first kappa shape index (κ1) is 25.8. The molecule has 9 nitrogen and oxygen atoms in total. The molecule has 4 amide bonds. The first-order valence-corrected chi connectivity index (χ1v) is 10.8. The van der Waals surface area contributed by atoms with Crippen LogP contribution in [0.2, 0.25) is 0 Å². The molecule has 1 aliphatic rings. The summed E-state index contributed by atoms with van der Waals surface area (Å²) in [5.41, 5.74) is 11.9. The number of carbonyl (C=O) groups excluding carboxylic acids is 3. The first-order chi connectivity index (χ1) is 16.4. The Morgan fingerprint density at radius 2 is 1.89 bits per heavy atom. The molecule has 0 aliphatic carbocycles. The molecule has 1 aliphatic heterocycles. The maximum absolute atomic E-state index is 12.9. The number of amides is 4. The largest absolute Gasteiger partial charge is 0.416 e.